The summed E-state index contributed by atoms with van der Waals surface area (Å²) in [4.78, 5) is 24.3. The average Bonchev–Trinajstić information content (AvgIpc) is 2.59. The van der Waals surface area contributed by atoms with Gasteiger partial charge in [0, 0.05) is 11.3 Å². The van der Waals surface area contributed by atoms with Crippen LogP contribution in [0.3, 0.4) is 0 Å². The van der Waals surface area contributed by atoms with Gasteiger partial charge in [-0.25, -0.2) is 0 Å². The van der Waals surface area contributed by atoms with Gasteiger partial charge in [-0.05, 0) is 35.2 Å². The van der Waals surface area contributed by atoms with Crippen LogP contribution in [0.4, 0.5) is 5.69 Å². The van der Waals surface area contributed by atoms with Gasteiger partial charge in [-0.2, -0.15) is 0 Å². The topological polar surface area (TPSA) is 67.4 Å². The van der Waals surface area contributed by atoms with Gasteiger partial charge in [0.15, 0.2) is 0 Å². The van der Waals surface area contributed by atoms with Gasteiger partial charge < -0.3 is 15.4 Å². The van der Waals surface area contributed by atoms with Crippen LogP contribution in [0.1, 0.15) is 36.7 Å². The zero-order valence-electron chi connectivity index (χ0n) is 15.1. The fraction of sp³-hybridized carbons (Fsp3) is 0.300. The van der Waals surface area contributed by atoms with Crippen molar-refractivity contribution >= 4 is 17.5 Å². The van der Waals surface area contributed by atoms with Crippen LogP contribution in [0.15, 0.2) is 48.5 Å². The maximum Gasteiger partial charge on any atom is 0.251 e. The minimum atomic E-state index is -0.321. The number of benzene rings is 2. The Bertz CT molecular complexity index is 764. The van der Waals surface area contributed by atoms with Crippen LogP contribution in [0.2, 0.25) is 0 Å². The number of para-hydroxylation sites is 1. The minimum Gasteiger partial charge on any atom is -0.497 e. The van der Waals surface area contributed by atoms with Crippen molar-refractivity contribution in [2.75, 3.05) is 19.0 Å². The molecule has 0 saturated heterocycles. The van der Waals surface area contributed by atoms with Crippen molar-refractivity contribution in [3.8, 4) is 5.75 Å². The monoisotopic (exact) mass is 340 g/mol. The number of ether oxygens (including phenoxy) is 1. The maximum atomic E-state index is 12.2. The molecule has 2 aromatic rings. The lowest BCUT2D eigenvalue weighted by Gasteiger charge is -2.23. The molecule has 2 rings (SSSR count). The van der Waals surface area contributed by atoms with Crippen molar-refractivity contribution < 1.29 is 14.3 Å². The second-order valence-corrected chi connectivity index (χ2v) is 6.76. The first-order chi connectivity index (χ1) is 11.8. The highest BCUT2D eigenvalue weighted by Crippen LogP contribution is 2.29. The molecule has 0 bridgehead atoms. The molecule has 25 heavy (non-hydrogen) atoms. The third kappa shape index (κ3) is 5.08. The Labute approximate surface area is 148 Å². The molecule has 2 amide bonds. The number of nitrogens with one attached hydrogen (secondary N) is 2. The van der Waals surface area contributed by atoms with E-state index in [1.165, 1.54) is 7.11 Å². The van der Waals surface area contributed by atoms with E-state index in [1.54, 1.807) is 24.3 Å². The lowest BCUT2D eigenvalue weighted by atomic mass is 9.86. The minimum absolute atomic E-state index is 0.0896. The normalized spacial score (nSPS) is 10.9. The highest BCUT2D eigenvalue weighted by atomic mass is 16.5. The van der Waals surface area contributed by atoms with E-state index >= 15 is 0 Å². The molecule has 5 heteroatoms. The molecule has 0 radical (unpaired) electrons. The number of hydrogen-bond acceptors (Lipinski definition) is 3. The van der Waals surface area contributed by atoms with E-state index in [1.807, 2.05) is 24.3 Å². The second-order valence-electron chi connectivity index (χ2n) is 6.76. The summed E-state index contributed by atoms with van der Waals surface area (Å²) < 4.78 is 5.10. The maximum absolute atomic E-state index is 12.2. The standard InChI is InChI=1S/C20H24N2O3/c1-20(2,3)16-10-5-6-11-17(16)22-18(23)13-21-19(24)14-8-7-9-15(12-14)25-4/h5-12H,13H2,1-4H3,(H,21,24)(H,22,23). The molecule has 2 aromatic carbocycles. The van der Waals surface area contributed by atoms with Crippen molar-refractivity contribution in [1.29, 1.82) is 0 Å². The average molecular weight is 340 g/mol. The lowest BCUT2D eigenvalue weighted by Crippen LogP contribution is -2.33. The molecule has 0 aliphatic rings. The smallest absolute Gasteiger partial charge is 0.251 e. The van der Waals surface area contributed by atoms with Crippen LogP contribution in [-0.4, -0.2) is 25.5 Å². The molecule has 0 heterocycles. The molecule has 0 aromatic heterocycles. The van der Waals surface area contributed by atoms with Crippen LogP contribution < -0.4 is 15.4 Å². The van der Waals surface area contributed by atoms with Gasteiger partial charge in [0.05, 0.1) is 13.7 Å². The molecular formula is C20H24N2O3. The van der Waals surface area contributed by atoms with Crippen LogP contribution in [0, 0.1) is 0 Å². The molecule has 0 aliphatic heterocycles. The van der Waals surface area contributed by atoms with Gasteiger partial charge in [-0.15, -0.1) is 0 Å². The highest BCUT2D eigenvalue weighted by molar-refractivity contribution is 5.99. The summed E-state index contributed by atoms with van der Waals surface area (Å²) in [7, 11) is 1.54. The fourth-order valence-corrected chi connectivity index (χ4v) is 2.47. The van der Waals surface area contributed by atoms with E-state index in [0.29, 0.717) is 11.3 Å². The van der Waals surface area contributed by atoms with E-state index in [4.69, 9.17) is 4.74 Å². The first-order valence-corrected chi connectivity index (χ1v) is 8.13. The zero-order chi connectivity index (χ0) is 18.4. The summed E-state index contributed by atoms with van der Waals surface area (Å²) in [6, 6.07) is 14.5. The van der Waals surface area contributed by atoms with Gasteiger partial charge in [0.2, 0.25) is 5.91 Å². The Morgan fingerprint density at radius 2 is 1.76 bits per heavy atom. The third-order valence-corrected chi connectivity index (χ3v) is 3.75. The van der Waals surface area contributed by atoms with Gasteiger partial charge in [0.1, 0.15) is 5.75 Å². The van der Waals surface area contributed by atoms with Gasteiger partial charge in [0.25, 0.3) is 5.91 Å². The molecular weight excluding hydrogens is 316 g/mol. The summed E-state index contributed by atoms with van der Waals surface area (Å²) >= 11 is 0. The molecule has 0 spiro atoms. The predicted molar refractivity (Wildman–Crippen MR) is 99.1 cm³/mol. The van der Waals surface area contributed by atoms with Crippen LogP contribution in [0.25, 0.3) is 0 Å². The van der Waals surface area contributed by atoms with E-state index in [-0.39, 0.29) is 23.8 Å². The number of methoxy groups -OCH3 is 1. The summed E-state index contributed by atoms with van der Waals surface area (Å²) in [5.74, 6) is 0.00214. The molecule has 0 aliphatic carbocycles. The van der Waals surface area contributed by atoms with Gasteiger partial charge >= 0.3 is 0 Å². The Hall–Kier alpha value is -2.82. The first-order valence-electron chi connectivity index (χ1n) is 8.13. The number of carbonyl (C=O) groups is 2. The van der Waals surface area contributed by atoms with Crippen molar-refractivity contribution in [3.05, 3.63) is 59.7 Å². The number of hydrogen-bond donors (Lipinski definition) is 2. The Kier molecular flexibility index (Phi) is 5.80. The van der Waals surface area contributed by atoms with Crippen molar-refractivity contribution in [3.63, 3.8) is 0 Å². The molecule has 0 atom stereocenters. The van der Waals surface area contributed by atoms with Gasteiger partial charge in [-0.1, -0.05) is 45.0 Å². The molecule has 0 fully saturated rings. The largest absolute Gasteiger partial charge is 0.497 e. The van der Waals surface area contributed by atoms with Crippen LogP contribution >= 0.6 is 0 Å². The van der Waals surface area contributed by atoms with Crippen LogP contribution in [0.5, 0.6) is 5.75 Å². The number of carbonyl (C=O) groups excluding carboxylic acids is 2. The second kappa shape index (κ2) is 7.83. The van der Waals surface area contributed by atoms with Crippen LogP contribution in [-0.2, 0) is 10.2 Å². The number of rotatable bonds is 5. The molecule has 0 saturated carbocycles. The van der Waals surface area contributed by atoms with Crippen molar-refractivity contribution in [1.82, 2.24) is 5.32 Å². The van der Waals surface area contributed by atoms with Gasteiger partial charge in [-0.3, -0.25) is 9.59 Å². The Balaban J connectivity index is 1.98. The van der Waals surface area contributed by atoms with E-state index in [0.717, 1.165) is 11.3 Å². The fourth-order valence-electron chi connectivity index (χ4n) is 2.47. The third-order valence-electron chi connectivity index (χ3n) is 3.75. The predicted octanol–water partition coefficient (Wildman–Crippen LogP) is 3.36. The van der Waals surface area contributed by atoms with E-state index < -0.39 is 0 Å². The van der Waals surface area contributed by atoms with Crippen molar-refractivity contribution in [2.24, 2.45) is 0 Å². The number of anilines is 1. The molecule has 5 nitrogen and oxygen atoms in total. The summed E-state index contributed by atoms with van der Waals surface area (Å²) in [5, 5.41) is 5.49. The zero-order valence-corrected chi connectivity index (χ0v) is 15.1. The molecule has 2 N–H and O–H groups in total. The Morgan fingerprint density at radius 3 is 2.44 bits per heavy atom. The first kappa shape index (κ1) is 18.5. The lowest BCUT2D eigenvalue weighted by molar-refractivity contribution is -0.115. The SMILES string of the molecule is COc1cccc(C(=O)NCC(=O)Nc2ccccc2C(C)(C)C)c1. The highest BCUT2D eigenvalue weighted by Gasteiger charge is 2.18. The molecule has 0 unspecified atom stereocenters. The Morgan fingerprint density at radius 1 is 1.04 bits per heavy atom. The van der Waals surface area contributed by atoms with Crippen molar-refractivity contribution in [2.45, 2.75) is 26.2 Å². The summed E-state index contributed by atoms with van der Waals surface area (Å²) in [6.45, 7) is 6.15. The molecule has 132 valence electrons. The summed E-state index contributed by atoms with van der Waals surface area (Å²) in [5.41, 5.74) is 2.16. The van der Waals surface area contributed by atoms with E-state index in [9.17, 15) is 9.59 Å². The summed E-state index contributed by atoms with van der Waals surface area (Å²) in [6.07, 6.45) is 0. The number of amides is 2. The quantitative estimate of drug-likeness (QED) is 0.877. The van der Waals surface area contributed by atoms with E-state index in [2.05, 4.69) is 31.4 Å².